The normalized spacial score (nSPS) is 14.8. The lowest BCUT2D eigenvalue weighted by atomic mass is 10.2. The van der Waals surface area contributed by atoms with Gasteiger partial charge in [-0.3, -0.25) is 0 Å². The fraction of sp³-hybridized carbons (Fsp3) is 0.500. The Labute approximate surface area is 130 Å². The molecule has 1 amide bonds. The van der Waals surface area contributed by atoms with Crippen molar-refractivity contribution in [3.63, 3.8) is 0 Å². The van der Waals surface area contributed by atoms with Gasteiger partial charge >= 0.3 is 12.1 Å². The molecule has 22 heavy (non-hydrogen) atoms. The molecule has 1 fully saturated rings. The highest BCUT2D eigenvalue weighted by Gasteiger charge is 2.22. The summed E-state index contributed by atoms with van der Waals surface area (Å²) in [4.78, 5) is 26.6. The molecule has 1 N–H and O–H groups in total. The second-order valence-corrected chi connectivity index (χ2v) is 5.29. The van der Waals surface area contributed by atoms with Crippen LogP contribution in [0, 0.1) is 0 Å². The van der Waals surface area contributed by atoms with Gasteiger partial charge in [-0.15, -0.1) is 0 Å². The SMILES string of the molecule is CCCCOC(=O)N1CCN(c2ccc(C(=O)O)cc2)CC1. The van der Waals surface area contributed by atoms with Gasteiger partial charge in [-0.05, 0) is 30.7 Å². The molecule has 0 spiro atoms. The molecular weight excluding hydrogens is 284 g/mol. The van der Waals surface area contributed by atoms with Crippen LogP contribution in [0.4, 0.5) is 10.5 Å². The van der Waals surface area contributed by atoms with Crippen molar-refractivity contribution in [3.8, 4) is 0 Å². The number of hydrogen-bond donors (Lipinski definition) is 1. The van der Waals surface area contributed by atoms with Crippen LogP contribution in [0.25, 0.3) is 0 Å². The monoisotopic (exact) mass is 306 g/mol. The predicted molar refractivity (Wildman–Crippen MR) is 83.4 cm³/mol. The number of carbonyl (C=O) groups is 2. The molecule has 1 aliphatic heterocycles. The van der Waals surface area contributed by atoms with Crippen LogP contribution in [0.2, 0.25) is 0 Å². The Morgan fingerprint density at radius 3 is 2.32 bits per heavy atom. The molecule has 1 aromatic rings. The second-order valence-electron chi connectivity index (χ2n) is 5.29. The maximum atomic E-state index is 11.9. The number of unbranched alkanes of at least 4 members (excludes halogenated alkanes) is 1. The van der Waals surface area contributed by atoms with E-state index in [1.165, 1.54) is 0 Å². The van der Waals surface area contributed by atoms with Crippen molar-refractivity contribution >= 4 is 17.7 Å². The molecule has 120 valence electrons. The van der Waals surface area contributed by atoms with Crippen molar-refractivity contribution < 1.29 is 19.4 Å². The van der Waals surface area contributed by atoms with E-state index in [-0.39, 0.29) is 11.7 Å². The van der Waals surface area contributed by atoms with Gasteiger partial charge in [0.15, 0.2) is 0 Å². The molecule has 0 saturated carbocycles. The molecule has 2 rings (SSSR count). The fourth-order valence-electron chi connectivity index (χ4n) is 2.36. The summed E-state index contributed by atoms with van der Waals surface area (Å²) < 4.78 is 5.21. The number of rotatable bonds is 5. The summed E-state index contributed by atoms with van der Waals surface area (Å²) in [6.45, 7) is 5.20. The number of aromatic carboxylic acids is 1. The van der Waals surface area contributed by atoms with Gasteiger partial charge in [0.1, 0.15) is 0 Å². The minimum Gasteiger partial charge on any atom is -0.478 e. The van der Waals surface area contributed by atoms with E-state index >= 15 is 0 Å². The Morgan fingerprint density at radius 2 is 1.77 bits per heavy atom. The fourth-order valence-corrected chi connectivity index (χ4v) is 2.36. The molecule has 0 radical (unpaired) electrons. The smallest absolute Gasteiger partial charge is 0.409 e. The first-order valence-electron chi connectivity index (χ1n) is 7.62. The second kappa shape index (κ2) is 7.68. The number of carboxylic acid groups (broad SMARTS) is 1. The van der Waals surface area contributed by atoms with Crippen molar-refractivity contribution in [2.45, 2.75) is 19.8 Å². The zero-order valence-electron chi connectivity index (χ0n) is 12.8. The van der Waals surface area contributed by atoms with E-state index in [1.54, 1.807) is 29.2 Å². The molecule has 6 heteroatoms. The summed E-state index contributed by atoms with van der Waals surface area (Å²) in [5.74, 6) is -0.925. The summed E-state index contributed by atoms with van der Waals surface area (Å²) in [6, 6.07) is 6.81. The number of piperazine rings is 1. The summed E-state index contributed by atoms with van der Waals surface area (Å²) in [5, 5.41) is 8.90. The van der Waals surface area contributed by atoms with Gasteiger partial charge in [0.25, 0.3) is 0 Å². The number of carbonyl (C=O) groups excluding carboxylic acids is 1. The molecular formula is C16H22N2O4. The van der Waals surface area contributed by atoms with Crippen LogP contribution in [0.3, 0.4) is 0 Å². The van der Waals surface area contributed by atoms with Gasteiger partial charge in [0.05, 0.1) is 12.2 Å². The zero-order valence-corrected chi connectivity index (χ0v) is 12.8. The maximum Gasteiger partial charge on any atom is 0.409 e. The molecule has 0 unspecified atom stereocenters. The molecule has 1 saturated heterocycles. The van der Waals surface area contributed by atoms with Crippen LogP contribution < -0.4 is 4.90 Å². The van der Waals surface area contributed by atoms with Gasteiger partial charge in [-0.2, -0.15) is 0 Å². The lowest BCUT2D eigenvalue weighted by Crippen LogP contribution is -2.49. The average Bonchev–Trinajstić information content (AvgIpc) is 2.55. The minimum atomic E-state index is -0.925. The van der Waals surface area contributed by atoms with Crippen LogP contribution in [0.15, 0.2) is 24.3 Å². The summed E-state index contributed by atoms with van der Waals surface area (Å²) in [5.41, 5.74) is 1.26. The Balaban J connectivity index is 1.83. The average molecular weight is 306 g/mol. The highest BCUT2D eigenvalue weighted by molar-refractivity contribution is 5.88. The molecule has 0 aromatic heterocycles. The Morgan fingerprint density at radius 1 is 1.14 bits per heavy atom. The largest absolute Gasteiger partial charge is 0.478 e. The topological polar surface area (TPSA) is 70.1 Å². The Hall–Kier alpha value is -2.24. The first-order chi connectivity index (χ1) is 10.6. The zero-order chi connectivity index (χ0) is 15.9. The van der Waals surface area contributed by atoms with E-state index in [4.69, 9.17) is 9.84 Å². The number of benzene rings is 1. The highest BCUT2D eigenvalue weighted by atomic mass is 16.6. The maximum absolute atomic E-state index is 11.9. The van der Waals surface area contributed by atoms with Crippen molar-refractivity contribution in [1.29, 1.82) is 0 Å². The van der Waals surface area contributed by atoms with E-state index < -0.39 is 5.97 Å². The van der Waals surface area contributed by atoms with Gasteiger partial charge in [0, 0.05) is 31.9 Å². The van der Waals surface area contributed by atoms with E-state index in [0.29, 0.717) is 19.7 Å². The molecule has 6 nitrogen and oxygen atoms in total. The van der Waals surface area contributed by atoms with E-state index in [2.05, 4.69) is 11.8 Å². The first kappa shape index (κ1) is 16.1. The van der Waals surface area contributed by atoms with E-state index in [1.807, 2.05) is 0 Å². The molecule has 0 bridgehead atoms. The number of nitrogens with zero attached hydrogens (tertiary/aromatic N) is 2. The van der Waals surface area contributed by atoms with Crippen molar-refractivity contribution in [1.82, 2.24) is 4.90 Å². The lowest BCUT2D eigenvalue weighted by molar-refractivity contribution is 0.0696. The summed E-state index contributed by atoms with van der Waals surface area (Å²) in [6.07, 6.45) is 1.66. The third kappa shape index (κ3) is 4.13. The summed E-state index contributed by atoms with van der Waals surface area (Å²) in [7, 11) is 0. The van der Waals surface area contributed by atoms with Gasteiger partial charge < -0.3 is 19.6 Å². The predicted octanol–water partition coefficient (Wildman–Crippen LogP) is 2.44. The van der Waals surface area contributed by atoms with Crippen LogP contribution in [0.5, 0.6) is 0 Å². The number of ether oxygens (including phenoxy) is 1. The van der Waals surface area contributed by atoms with Crippen molar-refractivity contribution in [3.05, 3.63) is 29.8 Å². The molecule has 1 aliphatic rings. The Kier molecular flexibility index (Phi) is 5.63. The minimum absolute atomic E-state index is 0.241. The van der Waals surface area contributed by atoms with Gasteiger partial charge in [0.2, 0.25) is 0 Å². The van der Waals surface area contributed by atoms with Crippen LogP contribution in [-0.4, -0.2) is 54.9 Å². The summed E-state index contributed by atoms with van der Waals surface area (Å²) >= 11 is 0. The number of carboxylic acids is 1. The van der Waals surface area contributed by atoms with Gasteiger partial charge in [-0.1, -0.05) is 13.3 Å². The standard InChI is InChI=1S/C16H22N2O4/c1-2-3-12-22-16(21)18-10-8-17(9-11-18)14-6-4-13(5-7-14)15(19)20/h4-7H,2-3,8-12H2,1H3,(H,19,20). The third-order valence-corrected chi connectivity index (χ3v) is 3.74. The number of hydrogen-bond acceptors (Lipinski definition) is 4. The Bertz CT molecular complexity index is 507. The number of anilines is 1. The van der Waals surface area contributed by atoms with E-state index in [9.17, 15) is 9.59 Å². The molecule has 0 atom stereocenters. The third-order valence-electron chi connectivity index (χ3n) is 3.74. The van der Waals surface area contributed by atoms with Crippen molar-refractivity contribution in [2.24, 2.45) is 0 Å². The highest BCUT2D eigenvalue weighted by Crippen LogP contribution is 2.17. The van der Waals surface area contributed by atoms with Crippen LogP contribution in [0.1, 0.15) is 30.1 Å². The quantitative estimate of drug-likeness (QED) is 0.846. The van der Waals surface area contributed by atoms with Crippen molar-refractivity contribution in [2.75, 3.05) is 37.7 Å². The van der Waals surface area contributed by atoms with Crippen LogP contribution in [-0.2, 0) is 4.74 Å². The molecule has 1 aromatic carbocycles. The molecule has 1 heterocycles. The first-order valence-corrected chi connectivity index (χ1v) is 7.62. The lowest BCUT2D eigenvalue weighted by Gasteiger charge is -2.35. The van der Waals surface area contributed by atoms with Gasteiger partial charge in [-0.25, -0.2) is 9.59 Å². The van der Waals surface area contributed by atoms with E-state index in [0.717, 1.165) is 31.6 Å². The van der Waals surface area contributed by atoms with Crippen LogP contribution >= 0.6 is 0 Å². The molecule has 0 aliphatic carbocycles. The number of amides is 1.